The van der Waals surface area contributed by atoms with Crippen LogP contribution >= 0.6 is 0 Å². The van der Waals surface area contributed by atoms with Gasteiger partial charge in [-0.1, -0.05) is 24.3 Å². The van der Waals surface area contributed by atoms with Crippen molar-refractivity contribution in [1.82, 2.24) is 4.57 Å². The highest BCUT2D eigenvalue weighted by Crippen LogP contribution is 2.39. The molecule has 1 N–H and O–H groups in total. The Kier molecular flexibility index (Phi) is 5.09. The molecule has 0 bridgehead atoms. The van der Waals surface area contributed by atoms with Crippen molar-refractivity contribution in [1.29, 1.82) is 0 Å². The molecule has 0 saturated heterocycles. The summed E-state index contributed by atoms with van der Waals surface area (Å²) in [5.41, 5.74) is 2.62. The lowest BCUT2D eigenvalue weighted by Crippen LogP contribution is -2.24. The molecule has 33 heavy (non-hydrogen) atoms. The van der Waals surface area contributed by atoms with E-state index >= 15 is 0 Å². The minimum Gasteiger partial charge on any atom is -0.506 e. The largest absolute Gasteiger partial charge is 0.506 e. The summed E-state index contributed by atoms with van der Waals surface area (Å²) in [6.45, 7) is 0. The maximum atomic E-state index is 13.6. The van der Waals surface area contributed by atoms with Crippen molar-refractivity contribution in [3.05, 3.63) is 100 Å². The highest BCUT2D eigenvalue weighted by molar-refractivity contribution is 6.08. The lowest BCUT2D eigenvalue weighted by molar-refractivity contribution is 0.414. The van der Waals surface area contributed by atoms with Crippen LogP contribution in [0, 0.1) is 5.82 Å². The van der Waals surface area contributed by atoms with Gasteiger partial charge in [-0.05, 0) is 54.1 Å². The number of halogens is 1. The quantitative estimate of drug-likeness (QED) is 0.494. The Morgan fingerprint density at radius 3 is 2.42 bits per heavy atom. The summed E-state index contributed by atoms with van der Waals surface area (Å²) in [6.07, 6.45) is 0.394. The number of hydrazone groups is 1. The number of hydrogen-bond acceptors (Lipinski definition) is 5. The van der Waals surface area contributed by atoms with Gasteiger partial charge in [0, 0.05) is 18.9 Å². The number of aryl methyl sites for hydroxylation is 1. The third-order valence-corrected chi connectivity index (χ3v) is 6.07. The molecule has 2 heterocycles. The number of fused-ring (bicyclic) bond motifs is 1. The van der Waals surface area contributed by atoms with Gasteiger partial charge in [-0.3, -0.25) is 9.80 Å². The number of anilines is 1. The fourth-order valence-corrected chi connectivity index (χ4v) is 4.32. The maximum absolute atomic E-state index is 13.6. The summed E-state index contributed by atoms with van der Waals surface area (Å²) in [5.74, 6) is 0.304. The Morgan fingerprint density at radius 2 is 1.73 bits per heavy atom. The van der Waals surface area contributed by atoms with E-state index in [9.17, 15) is 14.3 Å². The molecule has 1 aromatic heterocycles. The Bertz CT molecular complexity index is 1430. The summed E-state index contributed by atoms with van der Waals surface area (Å²) >= 11 is 0. The third kappa shape index (κ3) is 3.51. The van der Waals surface area contributed by atoms with Crippen molar-refractivity contribution in [2.75, 3.05) is 12.1 Å². The van der Waals surface area contributed by atoms with E-state index < -0.39 is 0 Å². The van der Waals surface area contributed by atoms with Crippen LogP contribution < -0.4 is 15.3 Å². The average Bonchev–Trinajstić information content (AvgIpc) is 3.28. The van der Waals surface area contributed by atoms with E-state index in [2.05, 4.69) is 0 Å². The van der Waals surface area contributed by atoms with Crippen LogP contribution in [0.25, 0.3) is 10.9 Å². The molecule has 7 heteroatoms. The molecule has 0 spiro atoms. The van der Waals surface area contributed by atoms with Crippen LogP contribution in [-0.4, -0.2) is 22.5 Å². The number of aromatic hydroxyl groups is 1. The first-order valence-electron chi connectivity index (χ1n) is 10.5. The van der Waals surface area contributed by atoms with Gasteiger partial charge >= 0.3 is 0 Å². The predicted molar refractivity (Wildman–Crippen MR) is 127 cm³/mol. The first-order chi connectivity index (χ1) is 16.0. The summed E-state index contributed by atoms with van der Waals surface area (Å²) < 4.78 is 20.4. The van der Waals surface area contributed by atoms with Gasteiger partial charge in [0.25, 0.3) is 5.56 Å². The Morgan fingerprint density at radius 1 is 1.03 bits per heavy atom. The number of benzene rings is 3. The monoisotopic (exact) mass is 443 g/mol. The molecule has 166 valence electrons. The van der Waals surface area contributed by atoms with Gasteiger partial charge in [-0.15, -0.1) is 0 Å². The van der Waals surface area contributed by atoms with Crippen LogP contribution in [0.15, 0.2) is 82.7 Å². The fraction of sp³-hybridized carbons (Fsp3) is 0.154. The number of ether oxygens (including phenoxy) is 1. The molecule has 1 aliphatic rings. The van der Waals surface area contributed by atoms with Crippen LogP contribution in [-0.2, 0) is 7.05 Å². The molecule has 1 aliphatic heterocycles. The first kappa shape index (κ1) is 20.8. The van der Waals surface area contributed by atoms with Gasteiger partial charge < -0.3 is 14.4 Å². The van der Waals surface area contributed by atoms with Crippen molar-refractivity contribution in [2.24, 2.45) is 12.1 Å². The van der Waals surface area contributed by atoms with E-state index in [-0.39, 0.29) is 28.7 Å². The predicted octanol–water partition coefficient (Wildman–Crippen LogP) is 4.75. The second-order valence-corrected chi connectivity index (χ2v) is 7.97. The summed E-state index contributed by atoms with van der Waals surface area (Å²) in [5, 5.41) is 18.2. The summed E-state index contributed by atoms with van der Waals surface area (Å²) in [4.78, 5) is 13.2. The molecular weight excluding hydrogens is 421 g/mol. The van der Waals surface area contributed by atoms with Gasteiger partial charge in [-0.25, -0.2) is 4.39 Å². The molecule has 1 unspecified atom stereocenters. The van der Waals surface area contributed by atoms with Crippen molar-refractivity contribution in [3.8, 4) is 11.5 Å². The summed E-state index contributed by atoms with van der Waals surface area (Å²) in [6, 6.07) is 20.6. The molecule has 6 nitrogen and oxygen atoms in total. The SMILES string of the molecule is COc1ccc(C2CC(c3c(O)c4ccccc4n(C)c3=O)=NN2c2ccc(F)cc2)cc1. The van der Waals surface area contributed by atoms with Gasteiger partial charge in [0.05, 0.1) is 30.1 Å². The lowest BCUT2D eigenvalue weighted by atomic mass is 9.97. The molecule has 1 atom stereocenters. The molecule has 0 amide bonds. The van der Waals surface area contributed by atoms with E-state index in [0.717, 1.165) is 11.3 Å². The van der Waals surface area contributed by atoms with Crippen molar-refractivity contribution >= 4 is 22.3 Å². The third-order valence-electron chi connectivity index (χ3n) is 6.07. The normalized spacial score (nSPS) is 15.7. The molecule has 0 radical (unpaired) electrons. The Labute approximate surface area is 189 Å². The highest BCUT2D eigenvalue weighted by atomic mass is 19.1. The minimum atomic E-state index is -0.343. The van der Waals surface area contributed by atoms with Crippen LogP contribution in [0.4, 0.5) is 10.1 Å². The average molecular weight is 443 g/mol. The number of aromatic nitrogens is 1. The first-order valence-corrected chi connectivity index (χ1v) is 10.5. The van der Waals surface area contributed by atoms with Gasteiger partial charge in [0.1, 0.15) is 22.9 Å². The molecule has 5 rings (SSSR count). The number of nitrogens with zero attached hydrogens (tertiary/aromatic N) is 3. The molecule has 0 fully saturated rings. The van der Waals surface area contributed by atoms with Crippen molar-refractivity contribution in [3.63, 3.8) is 0 Å². The van der Waals surface area contributed by atoms with E-state index in [4.69, 9.17) is 9.84 Å². The van der Waals surface area contributed by atoms with Crippen LogP contribution in [0.2, 0.25) is 0 Å². The Balaban J connectivity index is 1.66. The van der Waals surface area contributed by atoms with Crippen LogP contribution in [0.3, 0.4) is 0 Å². The lowest BCUT2D eigenvalue weighted by Gasteiger charge is -2.24. The van der Waals surface area contributed by atoms with Crippen molar-refractivity contribution < 1.29 is 14.2 Å². The van der Waals surface area contributed by atoms with Gasteiger partial charge in [0.2, 0.25) is 0 Å². The van der Waals surface area contributed by atoms with E-state index in [1.54, 1.807) is 43.4 Å². The number of para-hydroxylation sites is 1. The van der Waals surface area contributed by atoms with E-state index in [1.807, 2.05) is 36.4 Å². The highest BCUT2D eigenvalue weighted by Gasteiger charge is 2.33. The van der Waals surface area contributed by atoms with Gasteiger partial charge in [-0.2, -0.15) is 5.10 Å². The number of hydrogen-bond donors (Lipinski definition) is 1. The van der Waals surface area contributed by atoms with E-state index in [1.165, 1.54) is 16.7 Å². The zero-order chi connectivity index (χ0) is 23.1. The topological polar surface area (TPSA) is 67.1 Å². The molecule has 4 aromatic rings. The zero-order valence-electron chi connectivity index (χ0n) is 18.2. The second-order valence-electron chi connectivity index (χ2n) is 7.97. The maximum Gasteiger partial charge on any atom is 0.263 e. The van der Waals surface area contributed by atoms with Crippen LogP contribution in [0.5, 0.6) is 11.5 Å². The number of rotatable bonds is 4. The summed E-state index contributed by atoms with van der Waals surface area (Å²) in [7, 11) is 3.29. The fourth-order valence-electron chi connectivity index (χ4n) is 4.32. The van der Waals surface area contributed by atoms with Crippen LogP contribution in [0.1, 0.15) is 23.6 Å². The molecule has 0 aliphatic carbocycles. The molecule has 0 saturated carbocycles. The van der Waals surface area contributed by atoms with Crippen molar-refractivity contribution in [2.45, 2.75) is 12.5 Å². The second kappa shape index (κ2) is 8.09. The number of pyridine rings is 1. The van der Waals surface area contributed by atoms with E-state index in [0.29, 0.717) is 28.7 Å². The Hall–Kier alpha value is -4.13. The zero-order valence-corrected chi connectivity index (χ0v) is 18.2. The molecule has 3 aromatic carbocycles. The standard InChI is InChI=1S/C26H22FN3O3/c1-29-22-6-4-3-5-20(22)25(31)24(26(29)32)21-15-23(16-7-13-19(33-2)14-8-16)30(28-21)18-11-9-17(27)10-12-18/h3-14,23,31H,15H2,1-2H3. The van der Waals surface area contributed by atoms with Gasteiger partial charge in [0.15, 0.2) is 0 Å². The molecular formula is C26H22FN3O3. The minimum absolute atomic E-state index is 0.0816. The number of methoxy groups -OCH3 is 1. The smallest absolute Gasteiger partial charge is 0.263 e.